The zero-order chi connectivity index (χ0) is 2.71. The van der Waals surface area contributed by atoms with E-state index in [-0.39, 0.29) is 37.6 Å². The van der Waals surface area contributed by atoms with E-state index in [1.54, 1.807) is 0 Å². The van der Waals surface area contributed by atoms with Gasteiger partial charge in [0.1, 0.15) is 0 Å². The van der Waals surface area contributed by atoms with Gasteiger partial charge in [0.2, 0.25) is 0 Å². The van der Waals surface area contributed by atoms with Crippen molar-refractivity contribution in [1.29, 1.82) is 0 Å². The summed E-state index contributed by atoms with van der Waals surface area (Å²) in [4.78, 5) is 0. The van der Waals surface area contributed by atoms with Gasteiger partial charge in [0.05, 0.1) is 0 Å². The summed E-state index contributed by atoms with van der Waals surface area (Å²) in [5.74, 6) is 0. The second kappa shape index (κ2) is 19.6. The molecule has 0 saturated heterocycles. The third-order valence-electron chi connectivity index (χ3n) is 0. The first-order valence-electron chi connectivity index (χ1n) is 0.365. The molecule has 0 saturated carbocycles. The summed E-state index contributed by atoms with van der Waals surface area (Å²) in [7, 11) is 0. The van der Waals surface area contributed by atoms with Crippen LogP contribution in [0.5, 0.6) is 0 Å². The van der Waals surface area contributed by atoms with Crippen LogP contribution in [0.3, 0.4) is 0 Å². The van der Waals surface area contributed by atoms with E-state index < -0.39 is 0 Å². The smallest absolute Gasteiger partial charge is 0 e. The summed E-state index contributed by atoms with van der Waals surface area (Å²) in [6, 6.07) is 0. The maximum Gasteiger partial charge on any atom is 0 e. The second-order valence-electron chi connectivity index (χ2n) is 0.0816. The van der Waals surface area contributed by atoms with Gasteiger partial charge in [-0.2, -0.15) is 0 Å². The van der Waals surface area contributed by atoms with Gasteiger partial charge < -0.3 is 0 Å². The molecule has 0 radical (unpaired) electrons. The van der Waals surface area contributed by atoms with Gasteiger partial charge in [-0.3, -0.25) is 0 Å². The average molecular weight is 304 g/mol. The van der Waals surface area contributed by atoms with Crippen molar-refractivity contribution in [3.05, 3.63) is 0 Å². The third kappa shape index (κ3) is 42.1. The third-order valence-corrected chi connectivity index (χ3v) is 0. The first-order valence-corrected chi connectivity index (χ1v) is 0.365. The van der Waals surface area contributed by atoms with E-state index in [9.17, 15) is 0 Å². The van der Waals surface area contributed by atoms with Crippen LogP contribution >= 0.6 is 0 Å². The standard InChI is InChI=1S/Ni.H2O3.Pt/c;1-3-2;/h;1-2H;. The van der Waals surface area contributed by atoms with E-state index >= 15 is 0 Å². The molecule has 0 aliphatic rings. The molecular weight excluding hydrogens is 302 g/mol. The van der Waals surface area contributed by atoms with E-state index in [1.165, 1.54) is 0 Å². The minimum Gasteiger partial charge on any atom is -0.221 e. The van der Waals surface area contributed by atoms with Crippen LogP contribution in [0.25, 0.3) is 0 Å². The molecule has 0 heterocycles. The van der Waals surface area contributed by atoms with Crippen molar-refractivity contribution in [2.45, 2.75) is 0 Å². The molecule has 40 valence electrons. The number of rotatable bonds is 0. The Hall–Kier alpha value is 1.06. The Morgan fingerprint density at radius 3 is 1.20 bits per heavy atom. The molecule has 3 nitrogen and oxygen atoms in total. The largest absolute Gasteiger partial charge is 0.221 e. The fourth-order valence-corrected chi connectivity index (χ4v) is 0. The quantitative estimate of drug-likeness (QED) is 0.375. The normalized spacial score (nSPS) is 3.60. The summed E-state index contributed by atoms with van der Waals surface area (Å²) < 4.78 is 0. The Morgan fingerprint density at radius 1 is 1.20 bits per heavy atom. The van der Waals surface area contributed by atoms with Crippen molar-refractivity contribution in [1.82, 2.24) is 0 Å². The van der Waals surface area contributed by atoms with Crippen molar-refractivity contribution in [3.63, 3.8) is 0 Å². The Balaban J connectivity index is -0.0000000200. The maximum absolute atomic E-state index is 6.62. The van der Waals surface area contributed by atoms with Gasteiger partial charge >= 0.3 is 0 Å². The molecule has 5 heavy (non-hydrogen) atoms. The van der Waals surface area contributed by atoms with Crippen LogP contribution in [-0.4, -0.2) is 10.5 Å². The predicted octanol–water partition coefficient (Wildman–Crippen LogP) is -0.0560. The minimum atomic E-state index is 0. The van der Waals surface area contributed by atoms with E-state index in [0.29, 0.717) is 0 Å². The van der Waals surface area contributed by atoms with Crippen LogP contribution in [0.15, 0.2) is 0 Å². The van der Waals surface area contributed by atoms with Crippen molar-refractivity contribution >= 4 is 0 Å². The van der Waals surface area contributed by atoms with Crippen molar-refractivity contribution < 1.29 is 53.1 Å². The first kappa shape index (κ1) is 16.6. The molecule has 0 aromatic rings. The van der Waals surface area contributed by atoms with Gasteiger partial charge in [0, 0.05) is 37.6 Å². The fourth-order valence-electron chi connectivity index (χ4n) is 0. The van der Waals surface area contributed by atoms with Gasteiger partial charge in [-0.25, -0.2) is 10.5 Å². The molecule has 0 fully saturated rings. The monoisotopic (exact) mass is 303 g/mol. The number of hydrogen-bond donors (Lipinski definition) is 2. The molecule has 0 atom stereocenters. The van der Waals surface area contributed by atoms with Crippen molar-refractivity contribution in [3.8, 4) is 0 Å². The van der Waals surface area contributed by atoms with E-state index in [1.807, 2.05) is 0 Å². The summed E-state index contributed by atoms with van der Waals surface area (Å²) in [5, 5.41) is 15.5. The van der Waals surface area contributed by atoms with Gasteiger partial charge in [0.15, 0.2) is 0 Å². The molecule has 0 rings (SSSR count). The van der Waals surface area contributed by atoms with Gasteiger partial charge in [-0.15, -0.1) is 0 Å². The van der Waals surface area contributed by atoms with E-state index in [4.69, 9.17) is 10.5 Å². The van der Waals surface area contributed by atoms with Crippen LogP contribution < -0.4 is 0 Å². The molecule has 5 heteroatoms. The predicted molar refractivity (Wildman–Crippen MR) is 6.34 cm³/mol. The molecule has 0 aromatic carbocycles. The van der Waals surface area contributed by atoms with Crippen LogP contribution in [0.2, 0.25) is 0 Å². The first-order chi connectivity index (χ1) is 1.41. The van der Waals surface area contributed by atoms with Gasteiger partial charge in [-0.1, -0.05) is 5.04 Å². The topological polar surface area (TPSA) is 49.7 Å². The average Bonchev–Trinajstić information content (AvgIpc) is 0.918. The van der Waals surface area contributed by atoms with Crippen LogP contribution in [0, 0.1) is 0 Å². The molecule has 0 aliphatic heterocycles. The summed E-state index contributed by atoms with van der Waals surface area (Å²) in [6.07, 6.45) is 0. The molecule has 2 N–H and O–H groups in total. The summed E-state index contributed by atoms with van der Waals surface area (Å²) >= 11 is 0. The molecule has 0 aromatic heterocycles. The van der Waals surface area contributed by atoms with Crippen LogP contribution in [-0.2, 0) is 42.6 Å². The van der Waals surface area contributed by atoms with Crippen molar-refractivity contribution in [2.24, 2.45) is 0 Å². The molecule has 0 aliphatic carbocycles. The Labute approximate surface area is 53.4 Å². The second-order valence-corrected chi connectivity index (χ2v) is 0.0816. The Bertz CT molecular complexity index is 6.85. The SMILES string of the molecule is OOO.[Ni].[Pt]. The van der Waals surface area contributed by atoms with E-state index in [2.05, 4.69) is 5.04 Å². The molecule has 0 unspecified atom stereocenters. The molecular formula is H2NiO3Pt. The zero-order valence-corrected chi connectivity index (χ0v) is 5.19. The maximum atomic E-state index is 6.62. The minimum absolute atomic E-state index is 0. The Morgan fingerprint density at radius 2 is 1.20 bits per heavy atom. The van der Waals surface area contributed by atoms with Crippen LogP contribution in [0.4, 0.5) is 0 Å². The van der Waals surface area contributed by atoms with Crippen LogP contribution in [0.1, 0.15) is 0 Å². The molecule has 0 bridgehead atoms. The molecule has 0 spiro atoms. The summed E-state index contributed by atoms with van der Waals surface area (Å²) in [6.45, 7) is 0. The van der Waals surface area contributed by atoms with Crippen molar-refractivity contribution in [2.75, 3.05) is 0 Å². The van der Waals surface area contributed by atoms with E-state index in [0.717, 1.165) is 0 Å². The molecule has 0 amide bonds. The summed E-state index contributed by atoms with van der Waals surface area (Å²) in [5.41, 5.74) is 0. The fraction of sp³-hybridized carbons (Fsp3) is 0. The van der Waals surface area contributed by atoms with Gasteiger partial charge in [-0.05, 0) is 0 Å². The number of hydrogen-bond acceptors (Lipinski definition) is 3. The van der Waals surface area contributed by atoms with Gasteiger partial charge in [0.25, 0.3) is 0 Å². The Kier molecular flexibility index (Phi) is 65.1. The zero-order valence-electron chi connectivity index (χ0n) is 1.94.